The van der Waals surface area contributed by atoms with Crippen molar-refractivity contribution in [3.63, 3.8) is 0 Å². The van der Waals surface area contributed by atoms with Gasteiger partial charge in [0.15, 0.2) is 0 Å². The minimum Gasteiger partial charge on any atom is -0.343 e. The van der Waals surface area contributed by atoms with Crippen LogP contribution < -0.4 is 68.9 Å². The molecule has 0 rings (SSSR count). The van der Waals surface area contributed by atoms with Crippen LogP contribution in [0.25, 0.3) is 0 Å². The van der Waals surface area contributed by atoms with Crippen LogP contribution in [0.5, 0.6) is 0 Å². The van der Waals surface area contributed by atoms with Gasteiger partial charge in [-0.25, -0.2) is 0 Å². The Hall–Kier alpha value is 2.05. The first-order chi connectivity index (χ1) is 2.77. The van der Waals surface area contributed by atoms with Gasteiger partial charge >= 0.3 is 68.9 Å². The van der Waals surface area contributed by atoms with E-state index in [-0.39, 0.29) is 68.9 Å². The Morgan fingerprint density at radius 1 is 1.57 bits per heavy atom. The topological polar surface area (TPSA) is 0 Å². The van der Waals surface area contributed by atoms with Crippen molar-refractivity contribution >= 4 is 0 Å². The largest absolute Gasteiger partial charge is 1.00 e. The third-order valence-electron chi connectivity index (χ3n) is 0.697. The average molecular weight is 217 g/mol. The van der Waals surface area contributed by atoms with Crippen LogP contribution in [0.2, 0.25) is 0 Å². The van der Waals surface area contributed by atoms with Crippen LogP contribution in [0, 0.1) is 19.8 Å². The zero-order valence-electron chi connectivity index (χ0n) is 5.41. The standard InChI is InChI=1S/C6H12.Cs/c1-4-5-6(2)3;/h6H,1-2,4-5H2,3H3;/q-2;+1. The maximum absolute atomic E-state index is 3.79. The molecule has 0 amide bonds. The molecule has 1 heteroatoms. The van der Waals surface area contributed by atoms with Gasteiger partial charge < -0.3 is 13.8 Å². The van der Waals surface area contributed by atoms with Gasteiger partial charge in [0.25, 0.3) is 0 Å². The molecule has 0 N–H and O–H groups in total. The smallest absolute Gasteiger partial charge is 0.343 e. The van der Waals surface area contributed by atoms with E-state index < -0.39 is 0 Å². The Morgan fingerprint density at radius 2 is 2.00 bits per heavy atom. The van der Waals surface area contributed by atoms with Crippen LogP contribution in [-0.2, 0) is 0 Å². The van der Waals surface area contributed by atoms with E-state index >= 15 is 0 Å². The summed E-state index contributed by atoms with van der Waals surface area (Å²) in [4.78, 5) is 0. The molecule has 0 aromatic heterocycles. The van der Waals surface area contributed by atoms with E-state index in [4.69, 9.17) is 0 Å². The quantitative estimate of drug-likeness (QED) is 0.524. The average Bonchev–Trinajstić information content (AvgIpc) is 1.35. The normalized spacial score (nSPS) is 12.4. The summed E-state index contributed by atoms with van der Waals surface area (Å²) in [6.07, 6.45) is 2.17. The van der Waals surface area contributed by atoms with Gasteiger partial charge in [-0.1, -0.05) is 6.92 Å². The number of rotatable bonds is 2. The van der Waals surface area contributed by atoms with Crippen molar-refractivity contribution in [1.82, 2.24) is 0 Å². The second-order valence-electron chi connectivity index (χ2n) is 1.75. The summed E-state index contributed by atoms with van der Waals surface area (Å²) in [5, 5.41) is 0. The van der Waals surface area contributed by atoms with Gasteiger partial charge in [0.1, 0.15) is 0 Å². The Morgan fingerprint density at radius 3 is 2.00 bits per heavy atom. The predicted octanol–water partition coefficient (Wildman–Crippen LogP) is -0.925. The second-order valence-corrected chi connectivity index (χ2v) is 1.75. The molecule has 0 saturated heterocycles. The van der Waals surface area contributed by atoms with Gasteiger partial charge in [0.2, 0.25) is 0 Å². The molecule has 0 aromatic rings. The molecule has 0 nitrogen and oxygen atoms in total. The molecular weight excluding hydrogens is 205 g/mol. The van der Waals surface area contributed by atoms with Crippen molar-refractivity contribution in [2.24, 2.45) is 5.92 Å². The summed E-state index contributed by atoms with van der Waals surface area (Å²) in [7, 11) is 0. The third kappa shape index (κ3) is 11.6. The Bertz CT molecular complexity index is 25.4. The molecule has 0 aromatic carbocycles. The van der Waals surface area contributed by atoms with Gasteiger partial charge in [-0.05, 0) is 0 Å². The molecule has 0 aliphatic rings. The Balaban J connectivity index is 0. The monoisotopic (exact) mass is 217 g/mol. The minimum absolute atomic E-state index is 0. The second kappa shape index (κ2) is 8.05. The molecule has 0 fully saturated rings. The van der Waals surface area contributed by atoms with Gasteiger partial charge in [-0.2, -0.15) is 12.3 Å². The zero-order chi connectivity index (χ0) is 4.99. The molecule has 1 unspecified atom stereocenters. The maximum Gasteiger partial charge on any atom is 1.00 e. The van der Waals surface area contributed by atoms with Crippen molar-refractivity contribution in [2.45, 2.75) is 19.8 Å². The summed E-state index contributed by atoms with van der Waals surface area (Å²) in [5.74, 6) is 0.586. The summed E-state index contributed by atoms with van der Waals surface area (Å²) in [6.45, 7) is 9.58. The Kier molecular flexibility index (Phi) is 13.6. The molecule has 7 heavy (non-hydrogen) atoms. The first-order valence-electron chi connectivity index (χ1n) is 2.39. The summed E-state index contributed by atoms with van der Waals surface area (Å²) in [6, 6.07) is 0. The SMILES string of the molecule is [CH2-]CCC([CH2-])C.[Cs+]. The van der Waals surface area contributed by atoms with Crippen molar-refractivity contribution in [3.05, 3.63) is 13.8 Å². The van der Waals surface area contributed by atoms with E-state index in [1.54, 1.807) is 0 Å². The summed E-state index contributed by atoms with van der Waals surface area (Å²) in [5.41, 5.74) is 0. The molecule has 0 radical (unpaired) electrons. The van der Waals surface area contributed by atoms with E-state index in [1.165, 1.54) is 0 Å². The van der Waals surface area contributed by atoms with E-state index in [9.17, 15) is 0 Å². The molecule has 0 spiro atoms. The van der Waals surface area contributed by atoms with Crippen LogP contribution in [0.1, 0.15) is 19.8 Å². The van der Waals surface area contributed by atoms with Gasteiger partial charge in [-0.3, -0.25) is 0 Å². The first-order valence-corrected chi connectivity index (χ1v) is 2.39. The third-order valence-corrected chi connectivity index (χ3v) is 0.697. The molecule has 0 aliphatic heterocycles. The van der Waals surface area contributed by atoms with Gasteiger partial charge in [0, 0.05) is 0 Å². The van der Waals surface area contributed by atoms with Crippen molar-refractivity contribution in [1.29, 1.82) is 0 Å². The molecular formula is C6H12Cs-. The van der Waals surface area contributed by atoms with E-state index in [0.717, 1.165) is 12.8 Å². The van der Waals surface area contributed by atoms with Gasteiger partial charge in [0.05, 0.1) is 0 Å². The van der Waals surface area contributed by atoms with Crippen LogP contribution in [0.4, 0.5) is 0 Å². The predicted molar refractivity (Wildman–Crippen MR) is 29.1 cm³/mol. The van der Waals surface area contributed by atoms with E-state index in [2.05, 4.69) is 20.8 Å². The van der Waals surface area contributed by atoms with Crippen LogP contribution in [-0.4, -0.2) is 0 Å². The van der Waals surface area contributed by atoms with Crippen LogP contribution in [0.3, 0.4) is 0 Å². The van der Waals surface area contributed by atoms with Crippen molar-refractivity contribution < 1.29 is 68.9 Å². The first kappa shape index (κ1) is 11.8. The molecule has 0 heterocycles. The fourth-order valence-corrected chi connectivity index (χ4v) is 0.348. The number of hydrogen-bond donors (Lipinski definition) is 0. The molecule has 38 valence electrons. The van der Waals surface area contributed by atoms with Gasteiger partial charge in [-0.15, -0.1) is 6.42 Å². The zero-order valence-corrected chi connectivity index (χ0v) is 11.7. The molecule has 0 saturated carbocycles. The van der Waals surface area contributed by atoms with Crippen molar-refractivity contribution in [3.8, 4) is 0 Å². The summed E-state index contributed by atoms with van der Waals surface area (Å²) >= 11 is 0. The Labute approximate surface area is 106 Å². The maximum atomic E-state index is 3.79. The van der Waals surface area contributed by atoms with E-state index in [1.807, 2.05) is 0 Å². The fraction of sp³-hybridized carbons (Fsp3) is 0.667. The van der Waals surface area contributed by atoms with Crippen LogP contribution >= 0.6 is 0 Å². The molecule has 0 bridgehead atoms. The molecule has 1 atom stereocenters. The fourth-order valence-electron chi connectivity index (χ4n) is 0.348. The summed E-state index contributed by atoms with van der Waals surface area (Å²) < 4.78 is 0. The minimum atomic E-state index is 0. The number of hydrogen-bond acceptors (Lipinski definition) is 0. The molecule has 0 aliphatic carbocycles. The van der Waals surface area contributed by atoms with Crippen molar-refractivity contribution in [2.75, 3.05) is 0 Å². The van der Waals surface area contributed by atoms with Crippen LogP contribution in [0.15, 0.2) is 0 Å². The van der Waals surface area contributed by atoms with E-state index in [0.29, 0.717) is 5.92 Å².